The Hall–Kier alpha value is -1.23. The first kappa shape index (κ1) is 12.8. The highest BCUT2D eigenvalue weighted by Gasteiger charge is 2.07. The molecule has 0 N–H and O–H groups in total. The maximum Gasteiger partial charge on any atom is 0.508 e. The molecular formula is C9H16O5. The Bertz CT molecular complexity index is 188. The van der Waals surface area contributed by atoms with Gasteiger partial charge in [-0.05, 0) is 13.8 Å². The molecule has 82 valence electrons. The van der Waals surface area contributed by atoms with Crippen molar-refractivity contribution in [2.75, 3.05) is 20.5 Å². The van der Waals surface area contributed by atoms with E-state index in [0.29, 0.717) is 5.76 Å². The number of hydrogen-bond acceptors (Lipinski definition) is 5. The summed E-state index contributed by atoms with van der Waals surface area (Å²) < 4.78 is 18.9. The highest BCUT2D eigenvalue weighted by atomic mass is 16.7. The van der Waals surface area contributed by atoms with Crippen molar-refractivity contribution < 1.29 is 23.7 Å². The van der Waals surface area contributed by atoms with Gasteiger partial charge in [0.25, 0.3) is 0 Å². The van der Waals surface area contributed by atoms with Crippen molar-refractivity contribution in [1.29, 1.82) is 0 Å². The maximum absolute atomic E-state index is 10.9. The fourth-order valence-corrected chi connectivity index (χ4v) is 0.550. The Labute approximate surface area is 83.6 Å². The van der Waals surface area contributed by atoms with Crippen molar-refractivity contribution >= 4 is 6.16 Å². The lowest BCUT2D eigenvalue weighted by atomic mass is 10.5. The first-order valence-electron chi connectivity index (χ1n) is 4.19. The van der Waals surface area contributed by atoms with E-state index in [2.05, 4.69) is 16.1 Å². The third kappa shape index (κ3) is 7.42. The standard InChI is InChI=1S/C9H16O5/c1-7(2)14-9(10)12-5-8(3)13-6-11-4/h7H,3,5-6H2,1-2,4H3. The van der Waals surface area contributed by atoms with E-state index in [1.807, 2.05) is 0 Å². The van der Waals surface area contributed by atoms with E-state index in [1.54, 1.807) is 13.8 Å². The van der Waals surface area contributed by atoms with Crippen LogP contribution >= 0.6 is 0 Å². The van der Waals surface area contributed by atoms with E-state index < -0.39 is 6.16 Å². The largest absolute Gasteiger partial charge is 0.508 e. The number of methoxy groups -OCH3 is 1. The second-order valence-corrected chi connectivity index (χ2v) is 2.79. The molecule has 0 aromatic rings. The van der Waals surface area contributed by atoms with Crippen LogP contribution in [0, 0.1) is 0 Å². The molecule has 14 heavy (non-hydrogen) atoms. The molecule has 0 rings (SSSR count). The van der Waals surface area contributed by atoms with Gasteiger partial charge >= 0.3 is 6.16 Å². The van der Waals surface area contributed by atoms with E-state index in [1.165, 1.54) is 7.11 Å². The van der Waals surface area contributed by atoms with Crippen molar-refractivity contribution in [2.24, 2.45) is 0 Å². The summed E-state index contributed by atoms with van der Waals surface area (Å²) in [5.74, 6) is 0.313. The summed E-state index contributed by atoms with van der Waals surface area (Å²) in [6.45, 7) is 7.03. The zero-order chi connectivity index (χ0) is 11.0. The van der Waals surface area contributed by atoms with E-state index in [0.717, 1.165) is 0 Å². The van der Waals surface area contributed by atoms with Crippen LogP contribution in [0.3, 0.4) is 0 Å². The van der Waals surface area contributed by atoms with Crippen LogP contribution in [0.25, 0.3) is 0 Å². The van der Waals surface area contributed by atoms with Gasteiger partial charge in [0.15, 0.2) is 13.4 Å². The highest BCUT2D eigenvalue weighted by molar-refractivity contribution is 5.60. The summed E-state index contributed by atoms with van der Waals surface area (Å²) in [5, 5.41) is 0. The van der Waals surface area contributed by atoms with Crippen LogP contribution in [0.1, 0.15) is 13.8 Å². The minimum atomic E-state index is -0.734. The smallest absolute Gasteiger partial charge is 0.469 e. The Kier molecular flexibility index (Phi) is 6.57. The lowest BCUT2D eigenvalue weighted by Gasteiger charge is -2.10. The summed E-state index contributed by atoms with van der Waals surface area (Å²) in [6, 6.07) is 0. The Morgan fingerprint density at radius 1 is 1.36 bits per heavy atom. The van der Waals surface area contributed by atoms with Gasteiger partial charge in [-0.25, -0.2) is 4.79 Å². The van der Waals surface area contributed by atoms with Crippen LogP contribution in [-0.4, -0.2) is 32.8 Å². The van der Waals surface area contributed by atoms with Gasteiger partial charge in [-0.3, -0.25) is 0 Å². The van der Waals surface area contributed by atoms with E-state index >= 15 is 0 Å². The third-order valence-corrected chi connectivity index (χ3v) is 1.06. The van der Waals surface area contributed by atoms with Crippen LogP contribution in [0.15, 0.2) is 12.3 Å². The molecule has 5 heteroatoms. The topological polar surface area (TPSA) is 54.0 Å². The summed E-state index contributed by atoms with van der Waals surface area (Å²) in [7, 11) is 1.49. The minimum Gasteiger partial charge on any atom is -0.469 e. The van der Waals surface area contributed by atoms with Gasteiger partial charge in [-0.15, -0.1) is 0 Å². The third-order valence-electron chi connectivity index (χ3n) is 1.06. The van der Waals surface area contributed by atoms with Crippen LogP contribution in [0.5, 0.6) is 0 Å². The molecule has 5 nitrogen and oxygen atoms in total. The number of hydrogen-bond donors (Lipinski definition) is 0. The Balaban J connectivity index is 3.51. The Morgan fingerprint density at radius 3 is 2.50 bits per heavy atom. The van der Waals surface area contributed by atoms with Gasteiger partial charge in [-0.2, -0.15) is 0 Å². The van der Waals surface area contributed by atoms with Crippen LogP contribution in [0.4, 0.5) is 4.79 Å². The molecule has 0 heterocycles. The lowest BCUT2D eigenvalue weighted by molar-refractivity contribution is -0.0154. The van der Waals surface area contributed by atoms with E-state index in [9.17, 15) is 4.79 Å². The average molecular weight is 204 g/mol. The quantitative estimate of drug-likeness (QED) is 0.374. The average Bonchev–Trinajstić information content (AvgIpc) is 2.10. The van der Waals surface area contributed by atoms with Crippen LogP contribution < -0.4 is 0 Å². The minimum absolute atomic E-state index is 0.0328. The predicted octanol–water partition coefficient (Wildman–Crippen LogP) is 1.68. The molecule has 0 unspecified atom stereocenters. The summed E-state index contributed by atoms with van der Waals surface area (Å²) >= 11 is 0. The molecule has 0 radical (unpaired) electrons. The SMILES string of the molecule is C=C(COC(=O)OC(C)C)OCOC. The molecule has 0 bridgehead atoms. The first-order chi connectivity index (χ1) is 6.56. The zero-order valence-electron chi connectivity index (χ0n) is 8.74. The predicted molar refractivity (Wildman–Crippen MR) is 49.7 cm³/mol. The van der Waals surface area contributed by atoms with Crippen molar-refractivity contribution in [3.05, 3.63) is 12.3 Å². The number of carbonyl (C=O) groups excluding carboxylic acids is 1. The fourth-order valence-electron chi connectivity index (χ4n) is 0.550. The normalized spacial score (nSPS) is 9.71. The molecule has 0 atom stereocenters. The number of carbonyl (C=O) groups is 1. The van der Waals surface area contributed by atoms with Gasteiger partial charge in [0.2, 0.25) is 0 Å². The number of rotatable bonds is 6. The first-order valence-corrected chi connectivity index (χ1v) is 4.19. The summed E-state index contributed by atoms with van der Waals surface area (Å²) in [6.07, 6.45) is -0.933. The van der Waals surface area contributed by atoms with Crippen molar-refractivity contribution in [3.63, 3.8) is 0 Å². The molecule has 0 aliphatic heterocycles. The van der Waals surface area contributed by atoms with Crippen LogP contribution in [-0.2, 0) is 18.9 Å². The fraction of sp³-hybridized carbons (Fsp3) is 0.667. The van der Waals surface area contributed by atoms with Crippen molar-refractivity contribution in [1.82, 2.24) is 0 Å². The molecule has 0 aliphatic rings. The van der Waals surface area contributed by atoms with Crippen molar-refractivity contribution in [2.45, 2.75) is 20.0 Å². The van der Waals surface area contributed by atoms with Gasteiger partial charge < -0.3 is 18.9 Å². The van der Waals surface area contributed by atoms with E-state index in [-0.39, 0.29) is 19.5 Å². The Morgan fingerprint density at radius 2 is 2.00 bits per heavy atom. The van der Waals surface area contributed by atoms with Gasteiger partial charge in [0, 0.05) is 7.11 Å². The maximum atomic E-state index is 10.9. The molecule has 0 aromatic carbocycles. The van der Waals surface area contributed by atoms with Crippen molar-refractivity contribution in [3.8, 4) is 0 Å². The molecular weight excluding hydrogens is 188 g/mol. The van der Waals surface area contributed by atoms with Gasteiger partial charge in [0.05, 0.1) is 6.10 Å². The van der Waals surface area contributed by atoms with Gasteiger partial charge in [-0.1, -0.05) is 6.58 Å². The molecule has 0 amide bonds. The van der Waals surface area contributed by atoms with Gasteiger partial charge in [0.1, 0.15) is 5.76 Å². The molecule has 0 saturated heterocycles. The highest BCUT2D eigenvalue weighted by Crippen LogP contribution is 1.98. The number of ether oxygens (including phenoxy) is 4. The molecule has 0 aromatic heterocycles. The second kappa shape index (κ2) is 7.20. The molecule has 0 spiro atoms. The summed E-state index contributed by atoms with van der Waals surface area (Å²) in [5.41, 5.74) is 0. The lowest BCUT2D eigenvalue weighted by Crippen LogP contribution is -2.15. The van der Waals surface area contributed by atoms with Crippen LogP contribution in [0.2, 0.25) is 0 Å². The zero-order valence-corrected chi connectivity index (χ0v) is 8.74. The second-order valence-electron chi connectivity index (χ2n) is 2.79. The van der Waals surface area contributed by atoms with E-state index in [4.69, 9.17) is 9.47 Å². The molecule has 0 aliphatic carbocycles. The molecule has 0 fully saturated rings. The molecule has 0 saturated carbocycles. The monoisotopic (exact) mass is 204 g/mol. The summed E-state index contributed by atoms with van der Waals surface area (Å²) in [4.78, 5) is 10.9.